The van der Waals surface area contributed by atoms with E-state index >= 15 is 0 Å². The van der Waals surface area contributed by atoms with Gasteiger partial charge >= 0.3 is 11.9 Å². The van der Waals surface area contributed by atoms with Gasteiger partial charge in [-0.2, -0.15) is 0 Å². The summed E-state index contributed by atoms with van der Waals surface area (Å²) in [6.45, 7) is 7.16. The molecule has 0 heterocycles. The SMILES string of the molecule is CCCCCCCC(=O)Oc1ccc(C(=O)Oc2ccc(-c3ccc(OCC(C)CC)c(Br)c3)cc2)cc1. The van der Waals surface area contributed by atoms with E-state index in [0.717, 1.165) is 47.0 Å². The molecule has 5 nitrogen and oxygen atoms in total. The standard InChI is InChI=1S/C32H37BrO5/c1-4-6-7-8-9-10-31(34)37-27-18-13-25(14-19-27)32(35)38-28-16-11-24(12-17-28)26-15-20-30(29(33)21-26)36-22-23(3)5-2/h11-21,23H,4-10,22H2,1-3H3. The molecular weight excluding hydrogens is 544 g/mol. The maximum Gasteiger partial charge on any atom is 0.343 e. The highest BCUT2D eigenvalue weighted by atomic mass is 79.9. The summed E-state index contributed by atoms with van der Waals surface area (Å²) in [7, 11) is 0. The third-order valence-corrected chi connectivity index (χ3v) is 6.98. The molecule has 1 unspecified atom stereocenters. The molecule has 0 saturated heterocycles. The van der Waals surface area contributed by atoms with E-state index in [-0.39, 0.29) is 5.97 Å². The summed E-state index contributed by atoms with van der Waals surface area (Å²) in [5.74, 6) is 1.47. The smallest absolute Gasteiger partial charge is 0.343 e. The summed E-state index contributed by atoms with van der Waals surface area (Å²) < 4.78 is 17.7. The summed E-state index contributed by atoms with van der Waals surface area (Å²) in [4.78, 5) is 24.6. The van der Waals surface area contributed by atoms with E-state index in [0.29, 0.717) is 36.0 Å². The van der Waals surface area contributed by atoms with Crippen molar-refractivity contribution in [3.8, 4) is 28.4 Å². The zero-order valence-electron chi connectivity index (χ0n) is 22.5. The number of unbranched alkanes of at least 4 members (excludes halogenated alkanes) is 4. The van der Waals surface area contributed by atoms with Crippen molar-refractivity contribution in [1.82, 2.24) is 0 Å². The Morgan fingerprint density at radius 3 is 2.08 bits per heavy atom. The minimum absolute atomic E-state index is 0.253. The lowest BCUT2D eigenvalue weighted by Gasteiger charge is -2.13. The Balaban J connectivity index is 1.51. The summed E-state index contributed by atoms with van der Waals surface area (Å²) in [5.41, 5.74) is 2.40. The van der Waals surface area contributed by atoms with Crippen LogP contribution in [0.4, 0.5) is 0 Å². The van der Waals surface area contributed by atoms with Crippen molar-refractivity contribution >= 4 is 27.9 Å². The van der Waals surface area contributed by atoms with E-state index in [1.165, 1.54) is 12.8 Å². The fourth-order valence-electron chi connectivity index (χ4n) is 3.74. The highest BCUT2D eigenvalue weighted by Crippen LogP contribution is 2.32. The van der Waals surface area contributed by atoms with Gasteiger partial charge in [0, 0.05) is 6.42 Å². The van der Waals surface area contributed by atoms with Gasteiger partial charge in [-0.25, -0.2) is 4.79 Å². The summed E-state index contributed by atoms with van der Waals surface area (Å²) >= 11 is 3.60. The number of esters is 2. The van der Waals surface area contributed by atoms with Gasteiger partial charge in [-0.1, -0.05) is 71.1 Å². The number of halogens is 1. The first-order valence-electron chi connectivity index (χ1n) is 13.4. The first-order valence-corrected chi connectivity index (χ1v) is 14.2. The fourth-order valence-corrected chi connectivity index (χ4v) is 4.24. The molecule has 0 bridgehead atoms. The van der Waals surface area contributed by atoms with Crippen molar-refractivity contribution in [1.29, 1.82) is 0 Å². The van der Waals surface area contributed by atoms with Gasteiger partial charge in [0.1, 0.15) is 17.2 Å². The van der Waals surface area contributed by atoms with E-state index in [1.54, 1.807) is 36.4 Å². The zero-order chi connectivity index (χ0) is 27.3. The van der Waals surface area contributed by atoms with Gasteiger partial charge in [-0.15, -0.1) is 0 Å². The molecule has 0 aromatic heterocycles. The number of hydrogen-bond donors (Lipinski definition) is 0. The molecule has 6 heteroatoms. The molecule has 3 aromatic carbocycles. The van der Waals surface area contributed by atoms with E-state index in [1.807, 2.05) is 30.3 Å². The lowest BCUT2D eigenvalue weighted by atomic mass is 10.1. The van der Waals surface area contributed by atoms with Gasteiger partial charge in [0.15, 0.2) is 0 Å². The summed E-state index contributed by atoms with van der Waals surface area (Å²) in [6, 6.07) is 19.8. The molecule has 0 amide bonds. The van der Waals surface area contributed by atoms with Crippen molar-refractivity contribution in [2.24, 2.45) is 5.92 Å². The van der Waals surface area contributed by atoms with Crippen LogP contribution in [0, 0.1) is 5.92 Å². The minimum Gasteiger partial charge on any atom is -0.492 e. The van der Waals surface area contributed by atoms with E-state index < -0.39 is 5.97 Å². The van der Waals surface area contributed by atoms with Gasteiger partial charge in [0.25, 0.3) is 0 Å². The number of carbonyl (C=O) groups excluding carboxylic acids is 2. The number of ether oxygens (including phenoxy) is 3. The maximum atomic E-state index is 12.6. The molecule has 0 fully saturated rings. The van der Waals surface area contributed by atoms with Crippen LogP contribution in [0.25, 0.3) is 11.1 Å². The lowest BCUT2D eigenvalue weighted by Crippen LogP contribution is -2.10. The normalized spacial score (nSPS) is 11.6. The van der Waals surface area contributed by atoms with Crippen LogP contribution in [0.1, 0.15) is 76.1 Å². The molecule has 0 aliphatic rings. The predicted octanol–water partition coefficient (Wildman–Crippen LogP) is 9.03. The molecule has 3 rings (SSSR count). The Hall–Kier alpha value is -3.12. The molecule has 202 valence electrons. The highest BCUT2D eigenvalue weighted by Gasteiger charge is 2.12. The van der Waals surface area contributed by atoms with Crippen LogP contribution in [-0.2, 0) is 4.79 Å². The topological polar surface area (TPSA) is 61.8 Å². The molecular formula is C32H37BrO5. The van der Waals surface area contributed by atoms with Gasteiger partial charge < -0.3 is 14.2 Å². The van der Waals surface area contributed by atoms with Crippen molar-refractivity contribution < 1.29 is 23.8 Å². The van der Waals surface area contributed by atoms with Crippen LogP contribution in [0.3, 0.4) is 0 Å². The Kier molecular flexibility index (Phi) is 11.9. The number of benzene rings is 3. The fraction of sp³-hybridized carbons (Fsp3) is 0.375. The average Bonchev–Trinajstić information content (AvgIpc) is 2.92. The second kappa shape index (κ2) is 15.3. The lowest BCUT2D eigenvalue weighted by molar-refractivity contribution is -0.134. The monoisotopic (exact) mass is 580 g/mol. The van der Waals surface area contributed by atoms with Crippen molar-refractivity contribution in [3.63, 3.8) is 0 Å². The van der Waals surface area contributed by atoms with Gasteiger partial charge in [0.2, 0.25) is 0 Å². The van der Waals surface area contributed by atoms with E-state index in [4.69, 9.17) is 14.2 Å². The third kappa shape index (κ3) is 9.32. The molecule has 0 N–H and O–H groups in total. The van der Waals surface area contributed by atoms with Crippen LogP contribution >= 0.6 is 15.9 Å². The molecule has 0 saturated carbocycles. The second-order valence-corrected chi connectivity index (χ2v) is 10.4. The molecule has 0 aliphatic heterocycles. The van der Waals surface area contributed by atoms with Crippen LogP contribution in [0.5, 0.6) is 17.2 Å². The Morgan fingerprint density at radius 2 is 1.42 bits per heavy atom. The minimum atomic E-state index is -0.475. The van der Waals surface area contributed by atoms with Crippen LogP contribution in [0.15, 0.2) is 71.2 Å². The highest BCUT2D eigenvalue weighted by molar-refractivity contribution is 9.10. The van der Waals surface area contributed by atoms with Gasteiger partial charge in [-0.3, -0.25) is 4.79 Å². The quantitative estimate of drug-likeness (QED) is 0.108. The third-order valence-electron chi connectivity index (χ3n) is 6.36. The summed E-state index contributed by atoms with van der Waals surface area (Å²) in [6.07, 6.45) is 6.85. The molecule has 0 spiro atoms. The Morgan fingerprint density at radius 1 is 0.789 bits per heavy atom. The van der Waals surface area contributed by atoms with Crippen LogP contribution in [0.2, 0.25) is 0 Å². The first kappa shape index (κ1) is 29.4. The van der Waals surface area contributed by atoms with Crippen molar-refractivity contribution in [2.45, 2.75) is 65.7 Å². The first-order chi connectivity index (χ1) is 18.4. The van der Waals surface area contributed by atoms with E-state index in [9.17, 15) is 9.59 Å². The second-order valence-electron chi connectivity index (χ2n) is 9.55. The Labute approximate surface area is 234 Å². The largest absolute Gasteiger partial charge is 0.492 e. The average molecular weight is 582 g/mol. The molecule has 3 aromatic rings. The molecule has 0 aliphatic carbocycles. The number of rotatable bonds is 14. The van der Waals surface area contributed by atoms with Crippen molar-refractivity contribution in [3.05, 3.63) is 76.8 Å². The Bertz CT molecular complexity index is 1170. The summed E-state index contributed by atoms with van der Waals surface area (Å²) in [5, 5.41) is 0. The number of carbonyl (C=O) groups is 2. The van der Waals surface area contributed by atoms with Gasteiger partial charge in [-0.05, 0) is 87.9 Å². The molecule has 1 atom stereocenters. The molecule has 0 radical (unpaired) electrons. The maximum absolute atomic E-state index is 12.6. The van der Waals surface area contributed by atoms with Crippen molar-refractivity contribution in [2.75, 3.05) is 6.61 Å². The van der Waals surface area contributed by atoms with Gasteiger partial charge in [0.05, 0.1) is 16.6 Å². The molecule has 38 heavy (non-hydrogen) atoms. The zero-order valence-corrected chi connectivity index (χ0v) is 24.1. The van der Waals surface area contributed by atoms with E-state index in [2.05, 4.69) is 36.7 Å². The van der Waals surface area contributed by atoms with Crippen LogP contribution < -0.4 is 14.2 Å². The number of hydrogen-bond acceptors (Lipinski definition) is 5. The predicted molar refractivity (Wildman–Crippen MR) is 155 cm³/mol. The van der Waals surface area contributed by atoms with Crippen LogP contribution in [-0.4, -0.2) is 18.5 Å².